The van der Waals surface area contributed by atoms with Crippen LogP contribution in [0.15, 0.2) is 36.0 Å². The van der Waals surface area contributed by atoms with Gasteiger partial charge in [0.2, 0.25) is 0 Å². The minimum atomic E-state index is -1.29. The molecule has 2 saturated carbocycles. The molecular formula is C35H56O7. The summed E-state index contributed by atoms with van der Waals surface area (Å²) in [5.41, 5.74) is 3.53. The Morgan fingerprint density at radius 3 is 2.40 bits per heavy atom. The van der Waals surface area contributed by atoms with E-state index in [2.05, 4.69) is 60.8 Å². The van der Waals surface area contributed by atoms with Gasteiger partial charge in [0.1, 0.15) is 18.3 Å². The van der Waals surface area contributed by atoms with Gasteiger partial charge in [-0.25, -0.2) is 0 Å². The molecule has 1 heterocycles. The standard InChI is InChI=1S/C35H56O7/c1-20(2)23-11-9-21(3)24(34(23,7)18-16-29(37)38)12-13-25-22(4)10-14-27-33(5,6)28(15-17-35(25,27)8)42-32-31(40)30(39)26(36)19-41-32/h9,23-28,30-32,36,39-40H,1,4,10-19H2,2-3,5-8H3,(H,37,38). The zero-order valence-electron chi connectivity index (χ0n) is 26.8. The van der Waals surface area contributed by atoms with E-state index in [-0.39, 0.29) is 41.3 Å². The first-order chi connectivity index (χ1) is 19.5. The van der Waals surface area contributed by atoms with Crippen LogP contribution in [0.4, 0.5) is 0 Å². The van der Waals surface area contributed by atoms with E-state index in [9.17, 15) is 25.2 Å². The SMILES string of the molecule is C=C(C)C1CC=C(C)C(CCC2C(=C)CCC3C(C)(C)C(OC4OCC(O)C(O)C4O)CCC23C)C1(C)CCC(=O)O. The second-order valence-electron chi connectivity index (χ2n) is 15.2. The van der Waals surface area contributed by atoms with Crippen LogP contribution < -0.4 is 0 Å². The van der Waals surface area contributed by atoms with Crippen molar-refractivity contribution in [3.8, 4) is 0 Å². The molecule has 0 aromatic heterocycles. The van der Waals surface area contributed by atoms with Gasteiger partial charge in [-0.15, -0.1) is 0 Å². The number of allylic oxidation sites excluding steroid dienone is 4. The molecule has 42 heavy (non-hydrogen) atoms. The van der Waals surface area contributed by atoms with Crippen molar-refractivity contribution in [2.24, 2.45) is 39.9 Å². The molecule has 3 fully saturated rings. The van der Waals surface area contributed by atoms with E-state index in [1.54, 1.807) is 0 Å². The number of carboxylic acid groups (broad SMARTS) is 1. The van der Waals surface area contributed by atoms with E-state index in [1.807, 2.05) is 0 Å². The summed E-state index contributed by atoms with van der Waals surface area (Å²) in [6.07, 6.45) is 5.09. The van der Waals surface area contributed by atoms with E-state index in [4.69, 9.17) is 9.47 Å². The molecule has 3 aliphatic carbocycles. The highest BCUT2D eigenvalue weighted by molar-refractivity contribution is 5.66. The fourth-order valence-electron chi connectivity index (χ4n) is 9.85. The largest absolute Gasteiger partial charge is 0.481 e. The highest BCUT2D eigenvalue weighted by atomic mass is 16.7. The van der Waals surface area contributed by atoms with Crippen LogP contribution in [0, 0.1) is 39.9 Å². The lowest BCUT2D eigenvalue weighted by atomic mass is 9.46. The Morgan fingerprint density at radius 1 is 1.10 bits per heavy atom. The van der Waals surface area contributed by atoms with Crippen LogP contribution in [0.25, 0.3) is 0 Å². The number of aliphatic carboxylic acids is 1. The Hall–Kier alpha value is -1.51. The molecule has 4 N–H and O–H groups in total. The minimum absolute atomic E-state index is 0.0396. The monoisotopic (exact) mass is 588 g/mol. The molecule has 0 aromatic carbocycles. The first kappa shape index (κ1) is 33.4. The quantitative estimate of drug-likeness (QED) is 0.192. The van der Waals surface area contributed by atoms with E-state index < -0.39 is 30.6 Å². The van der Waals surface area contributed by atoms with Gasteiger partial charge in [0.05, 0.1) is 12.7 Å². The third-order valence-corrected chi connectivity index (χ3v) is 12.3. The molecule has 11 atom stereocenters. The number of hydrogen-bond donors (Lipinski definition) is 4. The van der Waals surface area contributed by atoms with Gasteiger partial charge in [0.15, 0.2) is 6.29 Å². The number of ether oxygens (including phenoxy) is 2. The Kier molecular flexibility index (Phi) is 9.91. The summed E-state index contributed by atoms with van der Waals surface area (Å²) in [4.78, 5) is 11.7. The van der Waals surface area contributed by atoms with E-state index in [1.165, 1.54) is 11.1 Å². The molecule has 0 aromatic rings. The van der Waals surface area contributed by atoms with Crippen LogP contribution in [-0.2, 0) is 14.3 Å². The highest BCUT2D eigenvalue weighted by Gasteiger charge is 2.57. The Morgan fingerprint density at radius 2 is 1.76 bits per heavy atom. The number of fused-ring (bicyclic) bond motifs is 1. The van der Waals surface area contributed by atoms with Crippen LogP contribution in [0.3, 0.4) is 0 Å². The third-order valence-electron chi connectivity index (χ3n) is 12.3. The smallest absolute Gasteiger partial charge is 0.303 e. The number of carbonyl (C=O) groups is 1. The molecule has 11 unspecified atom stereocenters. The zero-order valence-corrected chi connectivity index (χ0v) is 26.8. The number of rotatable bonds is 9. The first-order valence-electron chi connectivity index (χ1n) is 16.1. The van der Waals surface area contributed by atoms with Crippen molar-refractivity contribution in [3.63, 3.8) is 0 Å². The van der Waals surface area contributed by atoms with Gasteiger partial charge in [-0.3, -0.25) is 4.79 Å². The molecule has 0 spiro atoms. The van der Waals surface area contributed by atoms with Crippen molar-refractivity contribution in [2.45, 2.75) is 130 Å². The van der Waals surface area contributed by atoms with Gasteiger partial charge in [0, 0.05) is 6.42 Å². The van der Waals surface area contributed by atoms with Crippen molar-refractivity contribution in [1.29, 1.82) is 0 Å². The second-order valence-corrected chi connectivity index (χ2v) is 15.2. The molecule has 1 aliphatic heterocycles. The average molecular weight is 589 g/mol. The van der Waals surface area contributed by atoms with Crippen molar-refractivity contribution < 1.29 is 34.7 Å². The summed E-state index contributed by atoms with van der Waals surface area (Å²) >= 11 is 0. The molecule has 0 bridgehead atoms. The van der Waals surface area contributed by atoms with E-state index in [0.29, 0.717) is 24.2 Å². The average Bonchev–Trinajstić information content (AvgIpc) is 2.90. The number of aliphatic hydroxyl groups excluding tert-OH is 3. The summed E-state index contributed by atoms with van der Waals surface area (Å²) in [6.45, 7) is 22.4. The maximum Gasteiger partial charge on any atom is 0.303 e. The van der Waals surface area contributed by atoms with E-state index >= 15 is 0 Å². The zero-order chi connectivity index (χ0) is 31.2. The molecule has 7 heteroatoms. The van der Waals surface area contributed by atoms with Gasteiger partial charge in [-0.05, 0) is 105 Å². The Bertz CT molecular complexity index is 1060. The highest BCUT2D eigenvalue weighted by Crippen LogP contribution is 2.63. The predicted molar refractivity (Wildman–Crippen MR) is 163 cm³/mol. The Labute approximate surface area is 253 Å². The molecule has 4 aliphatic rings. The van der Waals surface area contributed by atoms with Crippen LogP contribution in [0.1, 0.15) is 99.3 Å². The minimum Gasteiger partial charge on any atom is -0.481 e. The molecule has 238 valence electrons. The molecule has 0 amide bonds. The van der Waals surface area contributed by atoms with Crippen LogP contribution >= 0.6 is 0 Å². The fraction of sp³-hybridized carbons (Fsp3) is 0.800. The van der Waals surface area contributed by atoms with Crippen LogP contribution in [0.5, 0.6) is 0 Å². The fourth-order valence-corrected chi connectivity index (χ4v) is 9.85. The maximum atomic E-state index is 11.7. The topological polar surface area (TPSA) is 116 Å². The summed E-state index contributed by atoms with van der Waals surface area (Å²) in [5, 5.41) is 40.2. The summed E-state index contributed by atoms with van der Waals surface area (Å²) in [6, 6.07) is 0. The van der Waals surface area contributed by atoms with Gasteiger partial charge in [0.25, 0.3) is 0 Å². The molecule has 7 nitrogen and oxygen atoms in total. The molecule has 4 rings (SSSR count). The van der Waals surface area contributed by atoms with Crippen LogP contribution in [0.2, 0.25) is 0 Å². The molecule has 1 saturated heterocycles. The summed E-state index contributed by atoms with van der Waals surface area (Å²) < 4.78 is 12.0. The number of hydrogen-bond acceptors (Lipinski definition) is 6. The van der Waals surface area contributed by atoms with Crippen molar-refractivity contribution in [3.05, 3.63) is 36.0 Å². The van der Waals surface area contributed by atoms with Crippen molar-refractivity contribution in [2.75, 3.05) is 6.61 Å². The Balaban J connectivity index is 1.53. The second kappa shape index (κ2) is 12.5. The predicted octanol–water partition coefficient (Wildman–Crippen LogP) is 6.03. The first-order valence-corrected chi connectivity index (χ1v) is 16.1. The van der Waals surface area contributed by atoms with Gasteiger partial charge >= 0.3 is 5.97 Å². The number of aliphatic hydroxyl groups is 3. The third kappa shape index (κ3) is 6.06. The summed E-state index contributed by atoms with van der Waals surface area (Å²) in [5.74, 6) is 0.555. The lowest BCUT2D eigenvalue weighted by molar-refractivity contribution is -0.303. The maximum absolute atomic E-state index is 11.7. The number of carboxylic acids is 1. The lowest BCUT2D eigenvalue weighted by Gasteiger charge is -2.61. The lowest BCUT2D eigenvalue weighted by Crippen LogP contribution is -2.59. The van der Waals surface area contributed by atoms with Gasteiger partial charge < -0.3 is 29.9 Å². The van der Waals surface area contributed by atoms with Crippen molar-refractivity contribution >= 4 is 5.97 Å². The summed E-state index contributed by atoms with van der Waals surface area (Å²) in [7, 11) is 0. The van der Waals surface area contributed by atoms with Crippen LogP contribution in [-0.4, -0.2) is 63.7 Å². The molecular weight excluding hydrogens is 532 g/mol. The van der Waals surface area contributed by atoms with E-state index in [0.717, 1.165) is 50.5 Å². The normalized spacial score (nSPS) is 43.8. The molecule has 0 radical (unpaired) electrons. The van der Waals surface area contributed by atoms with Crippen molar-refractivity contribution in [1.82, 2.24) is 0 Å². The van der Waals surface area contributed by atoms with Gasteiger partial charge in [-0.1, -0.05) is 63.6 Å². The van der Waals surface area contributed by atoms with Gasteiger partial charge in [-0.2, -0.15) is 0 Å².